The van der Waals surface area contributed by atoms with E-state index in [9.17, 15) is 0 Å². The van der Waals surface area contributed by atoms with E-state index in [2.05, 4.69) is 19.2 Å². The average Bonchev–Trinajstić information content (AvgIpc) is 2.17. The molecule has 2 nitrogen and oxygen atoms in total. The van der Waals surface area contributed by atoms with Gasteiger partial charge in [0.25, 0.3) is 0 Å². The van der Waals surface area contributed by atoms with Gasteiger partial charge in [0.15, 0.2) is 0 Å². The lowest BCUT2D eigenvalue weighted by Crippen LogP contribution is -2.16. The van der Waals surface area contributed by atoms with Crippen LogP contribution in [0.1, 0.15) is 52.4 Å². The van der Waals surface area contributed by atoms with Gasteiger partial charge in [-0.25, -0.2) is 0 Å². The minimum absolute atomic E-state index is 0.343. The number of rotatable bonds is 10. The van der Waals surface area contributed by atoms with Crippen LogP contribution in [0.4, 0.5) is 0 Å². The number of aliphatic hydroxyl groups is 1. The fourth-order valence-electron chi connectivity index (χ4n) is 1.53. The topological polar surface area (TPSA) is 32.3 Å². The zero-order valence-corrected chi connectivity index (χ0v) is 9.89. The second-order valence-corrected chi connectivity index (χ2v) is 4.22. The standard InChI is InChI=1S/C12H27NO/c1-3-4-9-13-10-6-5-7-12(2)8-11-14/h12-14H,3-11H2,1-2H3. The van der Waals surface area contributed by atoms with E-state index in [1.807, 2.05) is 0 Å². The Morgan fingerprint density at radius 1 is 1.07 bits per heavy atom. The molecule has 0 aromatic rings. The van der Waals surface area contributed by atoms with Crippen LogP contribution < -0.4 is 5.32 Å². The summed E-state index contributed by atoms with van der Waals surface area (Å²) in [7, 11) is 0. The molecule has 0 saturated heterocycles. The first-order valence-corrected chi connectivity index (χ1v) is 6.12. The largest absolute Gasteiger partial charge is 0.396 e. The maximum atomic E-state index is 8.72. The molecule has 0 aliphatic rings. The molecule has 0 aromatic carbocycles. The Kier molecular flexibility index (Phi) is 10.9. The Balaban J connectivity index is 2.98. The second-order valence-electron chi connectivity index (χ2n) is 4.22. The van der Waals surface area contributed by atoms with Gasteiger partial charge >= 0.3 is 0 Å². The van der Waals surface area contributed by atoms with Crippen LogP contribution >= 0.6 is 0 Å². The van der Waals surface area contributed by atoms with E-state index in [-0.39, 0.29) is 0 Å². The van der Waals surface area contributed by atoms with Crippen molar-refractivity contribution < 1.29 is 5.11 Å². The highest BCUT2D eigenvalue weighted by molar-refractivity contribution is 4.54. The highest BCUT2D eigenvalue weighted by Gasteiger charge is 1.99. The summed E-state index contributed by atoms with van der Waals surface area (Å²) in [6.45, 7) is 7.11. The van der Waals surface area contributed by atoms with E-state index < -0.39 is 0 Å². The summed E-state index contributed by atoms with van der Waals surface area (Å²) >= 11 is 0. The first kappa shape index (κ1) is 13.9. The number of hydrogen-bond acceptors (Lipinski definition) is 2. The van der Waals surface area contributed by atoms with E-state index in [1.165, 1.54) is 38.6 Å². The van der Waals surface area contributed by atoms with Crippen LogP contribution in [0.5, 0.6) is 0 Å². The van der Waals surface area contributed by atoms with Gasteiger partial charge in [-0.15, -0.1) is 0 Å². The highest BCUT2D eigenvalue weighted by Crippen LogP contribution is 2.10. The molecule has 0 bridgehead atoms. The van der Waals surface area contributed by atoms with Crippen molar-refractivity contribution >= 4 is 0 Å². The molecule has 0 heterocycles. The van der Waals surface area contributed by atoms with Crippen LogP contribution in [0, 0.1) is 5.92 Å². The van der Waals surface area contributed by atoms with Crippen LogP contribution in [0.25, 0.3) is 0 Å². The minimum atomic E-state index is 0.343. The summed E-state index contributed by atoms with van der Waals surface area (Å²) < 4.78 is 0. The van der Waals surface area contributed by atoms with Crippen molar-refractivity contribution in [3.8, 4) is 0 Å². The first-order valence-electron chi connectivity index (χ1n) is 6.12. The summed E-state index contributed by atoms with van der Waals surface area (Å²) in [5.74, 6) is 0.690. The lowest BCUT2D eigenvalue weighted by molar-refractivity contribution is 0.256. The summed E-state index contributed by atoms with van der Waals surface area (Å²) in [4.78, 5) is 0. The van der Waals surface area contributed by atoms with Gasteiger partial charge in [0, 0.05) is 6.61 Å². The Hall–Kier alpha value is -0.0800. The van der Waals surface area contributed by atoms with Crippen molar-refractivity contribution in [3.63, 3.8) is 0 Å². The van der Waals surface area contributed by atoms with Crippen molar-refractivity contribution in [1.82, 2.24) is 5.32 Å². The third-order valence-electron chi connectivity index (χ3n) is 2.63. The molecule has 1 atom stereocenters. The molecule has 0 rings (SSSR count). The highest BCUT2D eigenvalue weighted by atomic mass is 16.3. The Morgan fingerprint density at radius 3 is 2.43 bits per heavy atom. The lowest BCUT2D eigenvalue weighted by Gasteiger charge is -2.09. The molecule has 2 heteroatoms. The maximum absolute atomic E-state index is 8.72. The average molecular weight is 201 g/mol. The monoisotopic (exact) mass is 201 g/mol. The number of nitrogens with one attached hydrogen (secondary N) is 1. The number of aliphatic hydroxyl groups excluding tert-OH is 1. The first-order chi connectivity index (χ1) is 6.81. The maximum Gasteiger partial charge on any atom is 0.0433 e. The second kappa shape index (κ2) is 11.0. The molecule has 1 unspecified atom stereocenters. The van der Waals surface area contributed by atoms with Gasteiger partial charge in [-0.05, 0) is 38.3 Å². The normalized spacial score (nSPS) is 13.1. The Morgan fingerprint density at radius 2 is 1.79 bits per heavy atom. The molecule has 0 saturated carbocycles. The molecule has 86 valence electrons. The van der Waals surface area contributed by atoms with E-state index >= 15 is 0 Å². The smallest absolute Gasteiger partial charge is 0.0433 e. The lowest BCUT2D eigenvalue weighted by atomic mass is 10.0. The van der Waals surface area contributed by atoms with Crippen LogP contribution in [0.15, 0.2) is 0 Å². The minimum Gasteiger partial charge on any atom is -0.396 e. The van der Waals surface area contributed by atoms with E-state index in [0.29, 0.717) is 12.5 Å². The third-order valence-corrected chi connectivity index (χ3v) is 2.63. The van der Waals surface area contributed by atoms with Crippen LogP contribution in [-0.4, -0.2) is 24.8 Å². The third kappa shape index (κ3) is 10.0. The van der Waals surface area contributed by atoms with Crippen molar-refractivity contribution in [2.45, 2.75) is 52.4 Å². The van der Waals surface area contributed by atoms with Gasteiger partial charge in [0.1, 0.15) is 0 Å². The van der Waals surface area contributed by atoms with Crippen molar-refractivity contribution in [2.75, 3.05) is 19.7 Å². The van der Waals surface area contributed by atoms with Crippen LogP contribution in [-0.2, 0) is 0 Å². The summed E-state index contributed by atoms with van der Waals surface area (Å²) in [5, 5.41) is 12.2. The van der Waals surface area contributed by atoms with Gasteiger partial charge in [-0.3, -0.25) is 0 Å². The van der Waals surface area contributed by atoms with E-state index in [1.54, 1.807) is 0 Å². The predicted octanol–water partition coefficient (Wildman–Crippen LogP) is 2.56. The SMILES string of the molecule is CCCCNCCCCC(C)CCO. The van der Waals surface area contributed by atoms with Gasteiger partial charge < -0.3 is 10.4 Å². The predicted molar refractivity (Wildman–Crippen MR) is 62.5 cm³/mol. The molecule has 14 heavy (non-hydrogen) atoms. The zero-order valence-electron chi connectivity index (χ0n) is 9.89. The van der Waals surface area contributed by atoms with Gasteiger partial charge in [0.05, 0.1) is 0 Å². The molecule has 0 aromatic heterocycles. The summed E-state index contributed by atoms with van der Waals surface area (Å²) in [5.41, 5.74) is 0. The fraction of sp³-hybridized carbons (Fsp3) is 1.00. The molecule has 0 spiro atoms. The van der Waals surface area contributed by atoms with Crippen LogP contribution in [0.3, 0.4) is 0 Å². The van der Waals surface area contributed by atoms with Crippen molar-refractivity contribution in [2.24, 2.45) is 5.92 Å². The molecular formula is C12H27NO. The van der Waals surface area contributed by atoms with Crippen molar-refractivity contribution in [3.05, 3.63) is 0 Å². The van der Waals surface area contributed by atoms with E-state index in [0.717, 1.165) is 13.0 Å². The molecule has 0 aliphatic carbocycles. The Bertz CT molecular complexity index is 106. The zero-order chi connectivity index (χ0) is 10.6. The number of unbranched alkanes of at least 4 members (excludes halogenated alkanes) is 2. The van der Waals surface area contributed by atoms with Gasteiger partial charge in [-0.2, -0.15) is 0 Å². The molecule has 0 amide bonds. The quantitative estimate of drug-likeness (QED) is 0.532. The van der Waals surface area contributed by atoms with Crippen molar-refractivity contribution in [1.29, 1.82) is 0 Å². The van der Waals surface area contributed by atoms with Crippen LogP contribution in [0.2, 0.25) is 0 Å². The molecule has 2 N–H and O–H groups in total. The fourth-order valence-corrected chi connectivity index (χ4v) is 1.53. The summed E-state index contributed by atoms with van der Waals surface area (Å²) in [6.07, 6.45) is 7.36. The summed E-state index contributed by atoms with van der Waals surface area (Å²) in [6, 6.07) is 0. The molecular weight excluding hydrogens is 174 g/mol. The molecule has 0 radical (unpaired) electrons. The Labute approximate surface area is 89.1 Å². The molecule has 0 aliphatic heterocycles. The molecule has 0 fully saturated rings. The van der Waals surface area contributed by atoms with E-state index in [4.69, 9.17) is 5.11 Å². The van der Waals surface area contributed by atoms with Gasteiger partial charge in [0.2, 0.25) is 0 Å². The van der Waals surface area contributed by atoms with Gasteiger partial charge in [-0.1, -0.05) is 33.1 Å². The number of hydrogen-bond donors (Lipinski definition) is 2.